The molecule has 2 nitrogen and oxygen atoms in total. The van der Waals surface area contributed by atoms with Gasteiger partial charge in [-0.25, -0.2) is 4.79 Å². The highest BCUT2D eigenvalue weighted by molar-refractivity contribution is 5.81. The van der Waals surface area contributed by atoms with E-state index >= 15 is 0 Å². The van der Waals surface area contributed by atoms with Crippen LogP contribution in [0.15, 0.2) is 12.7 Å². The highest BCUT2D eigenvalue weighted by atomic mass is 16.5. The van der Waals surface area contributed by atoms with Crippen LogP contribution >= 0.6 is 0 Å². The van der Waals surface area contributed by atoms with Gasteiger partial charge in [-0.05, 0) is 134 Å². The van der Waals surface area contributed by atoms with Crippen molar-refractivity contribution >= 4 is 5.97 Å². The van der Waals surface area contributed by atoms with Crippen LogP contribution in [0.2, 0.25) is 0 Å². The minimum atomic E-state index is -0.173. The minimum absolute atomic E-state index is 0.173. The lowest BCUT2D eigenvalue weighted by atomic mass is 9.46. The van der Waals surface area contributed by atoms with Crippen LogP contribution in [0.4, 0.5) is 0 Å². The first-order chi connectivity index (χ1) is 15.5. The second-order valence-electron chi connectivity index (χ2n) is 14.3. The van der Waals surface area contributed by atoms with Gasteiger partial charge in [-0.1, -0.05) is 26.8 Å². The van der Waals surface area contributed by atoms with Crippen LogP contribution in [-0.4, -0.2) is 12.6 Å². The molecule has 174 valence electrons. The number of carbonyl (C=O) groups is 1. The molecular formula is C30H42O2. The van der Waals surface area contributed by atoms with Crippen molar-refractivity contribution in [3.8, 4) is 0 Å². The van der Waals surface area contributed by atoms with E-state index in [0.29, 0.717) is 10.8 Å². The number of ether oxygens (including phenoxy) is 1. The lowest BCUT2D eigenvalue weighted by Crippen LogP contribution is -2.57. The Morgan fingerprint density at radius 1 is 0.938 bits per heavy atom. The van der Waals surface area contributed by atoms with E-state index in [9.17, 15) is 4.79 Å². The minimum Gasteiger partial charge on any atom is -0.462 e. The van der Waals surface area contributed by atoms with Gasteiger partial charge in [0.1, 0.15) is 0 Å². The van der Waals surface area contributed by atoms with Crippen LogP contribution < -0.4 is 0 Å². The molecule has 0 saturated heterocycles. The predicted molar refractivity (Wildman–Crippen MR) is 124 cm³/mol. The molecule has 0 heterocycles. The predicted octanol–water partition coefficient (Wildman–Crippen LogP) is 6.36. The van der Waals surface area contributed by atoms with E-state index in [1.165, 1.54) is 57.4 Å². The summed E-state index contributed by atoms with van der Waals surface area (Å²) in [6, 6.07) is 0. The average molecular weight is 435 g/mol. The Bertz CT molecular complexity index is 878. The van der Waals surface area contributed by atoms with Crippen molar-refractivity contribution < 1.29 is 9.53 Å². The third-order valence-electron chi connectivity index (χ3n) is 14.0. The molecule has 8 rings (SSSR count). The maximum absolute atomic E-state index is 12.3. The number of fused-ring (bicyclic) bond motifs is 23. The number of hydrogen-bond acceptors (Lipinski definition) is 2. The van der Waals surface area contributed by atoms with E-state index in [1.807, 2.05) is 0 Å². The van der Waals surface area contributed by atoms with Crippen molar-refractivity contribution in [2.75, 3.05) is 6.61 Å². The molecule has 8 bridgehead atoms. The fraction of sp³-hybridized carbons (Fsp3) is 0.900. The standard InChI is InChI=1S/C30H42O2/c1-4-8-29(3)13-17-10-20(29)27-22-12-19(25(17)27)28-18-11-21(30(22,28)14-32-23(31)5-2)26-16-7-6-15(9-16)24(18)26/h5,15-22,24-28H,2,4,6-14H2,1,3H3. The Kier molecular flexibility index (Phi) is 3.70. The number of hydrogen-bond donors (Lipinski definition) is 0. The highest BCUT2D eigenvalue weighted by Gasteiger charge is 2.82. The molecule has 2 heteroatoms. The summed E-state index contributed by atoms with van der Waals surface area (Å²) in [4.78, 5) is 12.3. The molecule has 8 aliphatic carbocycles. The number of carbonyl (C=O) groups excluding carboxylic acids is 1. The number of rotatable bonds is 5. The molecule has 8 fully saturated rings. The zero-order valence-electron chi connectivity index (χ0n) is 20.2. The van der Waals surface area contributed by atoms with Crippen molar-refractivity contribution in [3.63, 3.8) is 0 Å². The van der Waals surface area contributed by atoms with Crippen molar-refractivity contribution in [2.24, 2.45) is 87.8 Å². The Balaban J connectivity index is 1.21. The first-order valence-electron chi connectivity index (χ1n) is 14.3. The number of esters is 1. The summed E-state index contributed by atoms with van der Waals surface area (Å²) in [5.41, 5.74) is 0.921. The van der Waals surface area contributed by atoms with Gasteiger partial charge >= 0.3 is 5.97 Å². The van der Waals surface area contributed by atoms with Gasteiger partial charge in [0.25, 0.3) is 0 Å². The van der Waals surface area contributed by atoms with Crippen molar-refractivity contribution in [1.29, 1.82) is 0 Å². The molecule has 8 aliphatic rings. The van der Waals surface area contributed by atoms with Crippen LogP contribution in [0, 0.1) is 87.8 Å². The Morgan fingerprint density at radius 2 is 1.62 bits per heavy atom. The fourth-order valence-electron chi connectivity index (χ4n) is 14.2. The van der Waals surface area contributed by atoms with Gasteiger partial charge in [0.15, 0.2) is 0 Å². The summed E-state index contributed by atoms with van der Waals surface area (Å²) >= 11 is 0. The van der Waals surface area contributed by atoms with Gasteiger partial charge < -0.3 is 4.74 Å². The normalized spacial score (nSPS) is 63.6. The fourth-order valence-corrected chi connectivity index (χ4v) is 14.2. The third kappa shape index (κ3) is 1.95. The van der Waals surface area contributed by atoms with Crippen LogP contribution in [0.1, 0.15) is 71.6 Å². The molecule has 0 spiro atoms. The van der Waals surface area contributed by atoms with Gasteiger partial charge in [0, 0.05) is 11.5 Å². The molecule has 0 aromatic rings. The van der Waals surface area contributed by atoms with Crippen LogP contribution in [-0.2, 0) is 9.53 Å². The molecule has 0 radical (unpaired) electrons. The topological polar surface area (TPSA) is 26.3 Å². The molecular weight excluding hydrogens is 392 g/mol. The second kappa shape index (κ2) is 6.06. The maximum atomic E-state index is 12.3. The first-order valence-corrected chi connectivity index (χ1v) is 14.3. The maximum Gasteiger partial charge on any atom is 0.330 e. The van der Waals surface area contributed by atoms with E-state index in [4.69, 9.17) is 4.74 Å². The molecule has 0 N–H and O–H groups in total. The van der Waals surface area contributed by atoms with Gasteiger partial charge in [-0.3, -0.25) is 0 Å². The zero-order valence-corrected chi connectivity index (χ0v) is 20.2. The van der Waals surface area contributed by atoms with Crippen LogP contribution in [0.25, 0.3) is 0 Å². The molecule has 15 unspecified atom stereocenters. The highest BCUT2D eigenvalue weighted by Crippen LogP contribution is 2.86. The lowest BCUT2D eigenvalue weighted by molar-refractivity contribution is -0.164. The van der Waals surface area contributed by atoms with E-state index in [1.54, 1.807) is 6.42 Å². The third-order valence-corrected chi connectivity index (χ3v) is 14.0. The molecule has 0 amide bonds. The van der Waals surface area contributed by atoms with E-state index in [2.05, 4.69) is 20.4 Å². The average Bonchev–Trinajstić information content (AvgIpc) is 3.58. The quantitative estimate of drug-likeness (QED) is 0.286. The van der Waals surface area contributed by atoms with E-state index in [0.717, 1.165) is 83.5 Å². The summed E-state index contributed by atoms with van der Waals surface area (Å²) in [6.07, 6.45) is 14.8. The molecule has 0 aromatic heterocycles. The molecule has 0 aliphatic heterocycles. The largest absolute Gasteiger partial charge is 0.462 e. The molecule has 0 aromatic carbocycles. The molecule has 32 heavy (non-hydrogen) atoms. The molecule has 8 saturated carbocycles. The monoisotopic (exact) mass is 434 g/mol. The smallest absolute Gasteiger partial charge is 0.330 e. The Hall–Kier alpha value is -0.790. The van der Waals surface area contributed by atoms with Crippen molar-refractivity contribution in [2.45, 2.75) is 71.6 Å². The summed E-state index contributed by atoms with van der Waals surface area (Å²) in [5, 5.41) is 0. The van der Waals surface area contributed by atoms with Gasteiger partial charge in [-0.15, -0.1) is 0 Å². The SMILES string of the molecule is C=CC(=O)OCC12C3CC(C4C5CCC(C5)C43)C1C1CC2C2C1C1CC2C(C)(CCC)C1. The summed E-state index contributed by atoms with van der Waals surface area (Å²) < 4.78 is 6.08. The Labute approximate surface area is 194 Å². The first kappa shape index (κ1) is 19.5. The lowest BCUT2D eigenvalue weighted by Gasteiger charge is -2.58. The van der Waals surface area contributed by atoms with Crippen LogP contribution in [0.3, 0.4) is 0 Å². The Morgan fingerprint density at radius 3 is 2.34 bits per heavy atom. The van der Waals surface area contributed by atoms with E-state index in [-0.39, 0.29) is 5.97 Å². The summed E-state index contributed by atoms with van der Waals surface area (Å²) in [5.74, 6) is 12.4. The summed E-state index contributed by atoms with van der Waals surface area (Å²) in [7, 11) is 0. The van der Waals surface area contributed by atoms with Gasteiger partial charge in [0.05, 0.1) is 6.61 Å². The van der Waals surface area contributed by atoms with E-state index < -0.39 is 0 Å². The van der Waals surface area contributed by atoms with Crippen LogP contribution in [0.5, 0.6) is 0 Å². The van der Waals surface area contributed by atoms with Gasteiger partial charge in [0.2, 0.25) is 0 Å². The van der Waals surface area contributed by atoms with Gasteiger partial charge in [-0.2, -0.15) is 0 Å². The van der Waals surface area contributed by atoms with Crippen molar-refractivity contribution in [1.82, 2.24) is 0 Å². The zero-order chi connectivity index (χ0) is 21.6. The molecule has 15 atom stereocenters. The van der Waals surface area contributed by atoms with Crippen molar-refractivity contribution in [3.05, 3.63) is 12.7 Å². The summed E-state index contributed by atoms with van der Waals surface area (Å²) in [6.45, 7) is 9.50. The second-order valence-corrected chi connectivity index (χ2v) is 14.3.